The van der Waals surface area contributed by atoms with E-state index in [0.29, 0.717) is 6.54 Å². The molecule has 1 aromatic rings. The minimum absolute atomic E-state index is 0.0137. The maximum Gasteiger partial charge on any atom is 0.323 e. The van der Waals surface area contributed by atoms with E-state index in [0.717, 1.165) is 36.9 Å². The van der Waals surface area contributed by atoms with Crippen LogP contribution in [0.15, 0.2) is 42.6 Å². The van der Waals surface area contributed by atoms with E-state index in [1.54, 1.807) is 0 Å². The highest BCUT2D eigenvalue weighted by molar-refractivity contribution is 5.69. The average Bonchev–Trinajstić information content (AvgIpc) is 2.39. The van der Waals surface area contributed by atoms with Crippen LogP contribution in [0.4, 0.5) is 0 Å². The smallest absolute Gasteiger partial charge is 0.323 e. The molecule has 0 aliphatic rings. The average molecular weight is 261 g/mol. The van der Waals surface area contributed by atoms with Gasteiger partial charge in [-0.1, -0.05) is 56.7 Å². The van der Waals surface area contributed by atoms with E-state index in [4.69, 9.17) is 5.11 Å². The van der Waals surface area contributed by atoms with Crippen LogP contribution in [0.3, 0.4) is 0 Å². The third kappa shape index (κ3) is 6.09. The molecule has 0 aliphatic heterocycles. The van der Waals surface area contributed by atoms with Gasteiger partial charge in [-0.25, -0.2) is 0 Å². The van der Waals surface area contributed by atoms with Gasteiger partial charge in [-0.3, -0.25) is 4.79 Å². The fraction of sp³-hybridized carbons (Fsp3) is 0.438. The van der Waals surface area contributed by atoms with E-state index in [9.17, 15) is 4.79 Å². The molecule has 0 aliphatic carbocycles. The number of carboxylic acid groups (broad SMARTS) is 1. The summed E-state index contributed by atoms with van der Waals surface area (Å²) < 4.78 is 0. The van der Waals surface area contributed by atoms with Crippen molar-refractivity contribution in [1.29, 1.82) is 0 Å². The van der Waals surface area contributed by atoms with Crippen molar-refractivity contribution in [2.75, 3.05) is 6.54 Å². The molecule has 3 heteroatoms. The molecule has 0 fully saturated rings. The first-order valence-corrected chi connectivity index (χ1v) is 6.82. The Labute approximate surface area is 115 Å². The van der Waals surface area contributed by atoms with Crippen molar-refractivity contribution >= 4 is 5.97 Å². The number of hydrogen-bond acceptors (Lipinski definition) is 2. The lowest BCUT2D eigenvalue weighted by molar-refractivity contribution is -0.138. The second kappa shape index (κ2) is 8.35. The molecule has 0 unspecified atom stereocenters. The quantitative estimate of drug-likeness (QED) is 0.689. The Balaban J connectivity index is 2.60. The van der Waals surface area contributed by atoms with Gasteiger partial charge in [-0.05, 0) is 18.4 Å². The molecular weight excluding hydrogens is 238 g/mol. The molecule has 0 saturated heterocycles. The Bertz CT molecular complexity index is 400. The molecular formula is C16H23NO2. The molecule has 3 nitrogen and oxygen atoms in total. The summed E-state index contributed by atoms with van der Waals surface area (Å²) in [4.78, 5) is 12.8. The number of carbonyl (C=O) groups is 1. The van der Waals surface area contributed by atoms with Gasteiger partial charge in [0.15, 0.2) is 0 Å². The molecule has 0 spiro atoms. The number of carboxylic acids is 1. The van der Waals surface area contributed by atoms with Crippen LogP contribution in [0.2, 0.25) is 0 Å². The molecule has 1 aromatic carbocycles. The first-order valence-electron chi connectivity index (χ1n) is 6.82. The van der Waals surface area contributed by atoms with Crippen molar-refractivity contribution in [3.63, 3.8) is 0 Å². The van der Waals surface area contributed by atoms with E-state index in [1.165, 1.54) is 0 Å². The van der Waals surface area contributed by atoms with Gasteiger partial charge in [-0.2, -0.15) is 0 Å². The van der Waals surface area contributed by atoms with Crippen molar-refractivity contribution in [3.05, 3.63) is 48.2 Å². The highest BCUT2D eigenvalue weighted by atomic mass is 16.4. The minimum atomic E-state index is -0.812. The summed E-state index contributed by atoms with van der Waals surface area (Å²) in [5.74, 6) is -0.812. The lowest BCUT2D eigenvalue weighted by Gasteiger charge is -2.25. The molecule has 19 heavy (non-hydrogen) atoms. The lowest BCUT2D eigenvalue weighted by Crippen LogP contribution is -2.28. The van der Waals surface area contributed by atoms with E-state index >= 15 is 0 Å². The molecule has 0 atom stereocenters. The van der Waals surface area contributed by atoms with Crippen molar-refractivity contribution in [1.82, 2.24) is 4.90 Å². The molecule has 0 aromatic heterocycles. The van der Waals surface area contributed by atoms with Crippen LogP contribution in [0.1, 0.15) is 38.2 Å². The van der Waals surface area contributed by atoms with E-state index in [2.05, 4.69) is 13.5 Å². The van der Waals surface area contributed by atoms with Crippen LogP contribution < -0.4 is 0 Å². The van der Waals surface area contributed by atoms with Crippen molar-refractivity contribution in [2.45, 2.75) is 39.2 Å². The second-order valence-corrected chi connectivity index (χ2v) is 4.76. The summed E-state index contributed by atoms with van der Waals surface area (Å²) in [6.07, 6.45) is 4.25. The zero-order valence-corrected chi connectivity index (χ0v) is 11.6. The fourth-order valence-corrected chi connectivity index (χ4v) is 1.98. The first-order chi connectivity index (χ1) is 9.13. The van der Waals surface area contributed by atoms with Crippen molar-refractivity contribution in [2.24, 2.45) is 0 Å². The van der Waals surface area contributed by atoms with Crippen LogP contribution >= 0.6 is 0 Å². The van der Waals surface area contributed by atoms with E-state index in [1.807, 2.05) is 35.2 Å². The predicted octanol–water partition coefficient (Wildman–Crippen LogP) is 3.67. The fourth-order valence-electron chi connectivity index (χ4n) is 1.98. The van der Waals surface area contributed by atoms with Crippen LogP contribution in [-0.4, -0.2) is 22.5 Å². The first kappa shape index (κ1) is 15.3. The molecule has 0 saturated carbocycles. The Morgan fingerprint density at radius 2 is 1.95 bits per heavy atom. The molecule has 0 bridgehead atoms. The number of nitrogens with zero attached hydrogens (tertiary/aromatic N) is 1. The minimum Gasteiger partial charge on any atom is -0.480 e. The molecule has 0 radical (unpaired) electrons. The van der Waals surface area contributed by atoms with Gasteiger partial charge in [0.25, 0.3) is 0 Å². The number of allylic oxidation sites excluding steroid dienone is 1. The predicted molar refractivity (Wildman–Crippen MR) is 77.8 cm³/mol. The summed E-state index contributed by atoms with van der Waals surface area (Å²) in [5.41, 5.74) is 2.03. The number of aliphatic carboxylic acids is 1. The molecule has 0 amide bonds. The Morgan fingerprint density at radius 1 is 1.26 bits per heavy atom. The standard InChI is InChI=1S/C16H23NO2/c1-3-4-6-9-14(2)17(13-16(18)19)12-15-10-7-5-8-11-15/h5,7-8,10-11H,2-4,6,9,12-13H2,1H3,(H,18,19). The van der Waals surface area contributed by atoms with Crippen molar-refractivity contribution < 1.29 is 9.90 Å². The van der Waals surface area contributed by atoms with Gasteiger partial charge in [0.1, 0.15) is 6.54 Å². The van der Waals surface area contributed by atoms with Gasteiger partial charge in [0.2, 0.25) is 0 Å². The monoisotopic (exact) mass is 261 g/mol. The molecule has 104 valence electrons. The maximum absolute atomic E-state index is 11.0. The van der Waals surface area contributed by atoms with Crippen LogP contribution in [0.5, 0.6) is 0 Å². The highest BCUT2D eigenvalue weighted by Crippen LogP contribution is 2.15. The van der Waals surface area contributed by atoms with Crippen molar-refractivity contribution in [3.8, 4) is 0 Å². The van der Waals surface area contributed by atoms with Gasteiger partial charge in [0, 0.05) is 12.2 Å². The number of rotatable bonds is 9. The third-order valence-electron chi connectivity index (χ3n) is 3.06. The lowest BCUT2D eigenvalue weighted by atomic mass is 10.1. The second-order valence-electron chi connectivity index (χ2n) is 4.76. The number of unbranched alkanes of at least 4 members (excludes halogenated alkanes) is 2. The normalized spacial score (nSPS) is 10.2. The van der Waals surface area contributed by atoms with Crippen LogP contribution in [-0.2, 0) is 11.3 Å². The summed E-state index contributed by atoms with van der Waals surface area (Å²) >= 11 is 0. The van der Waals surface area contributed by atoms with Crippen LogP contribution in [0, 0.1) is 0 Å². The summed E-state index contributed by atoms with van der Waals surface area (Å²) in [6.45, 7) is 6.82. The SMILES string of the molecule is C=C(CCCCC)N(CC(=O)O)Cc1ccccc1. The summed E-state index contributed by atoms with van der Waals surface area (Å²) in [5, 5.41) is 9.00. The summed E-state index contributed by atoms with van der Waals surface area (Å²) in [7, 11) is 0. The Kier molecular flexibility index (Phi) is 6.72. The third-order valence-corrected chi connectivity index (χ3v) is 3.06. The largest absolute Gasteiger partial charge is 0.480 e. The topological polar surface area (TPSA) is 40.5 Å². The van der Waals surface area contributed by atoms with E-state index < -0.39 is 5.97 Å². The summed E-state index contributed by atoms with van der Waals surface area (Å²) in [6, 6.07) is 9.91. The number of hydrogen-bond donors (Lipinski definition) is 1. The molecule has 0 heterocycles. The van der Waals surface area contributed by atoms with Gasteiger partial charge in [-0.15, -0.1) is 0 Å². The molecule has 1 N–H and O–H groups in total. The molecule has 1 rings (SSSR count). The zero-order chi connectivity index (χ0) is 14.1. The zero-order valence-electron chi connectivity index (χ0n) is 11.6. The van der Waals surface area contributed by atoms with Gasteiger partial charge < -0.3 is 10.0 Å². The van der Waals surface area contributed by atoms with Crippen LogP contribution in [0.25, 0.3) is 0 Å². The van der Waals surface area contributed by atoms with E-state index in [-0.39, 0.29) is 6.54 Å². The highest BCUT2D eigenvalue weighted by Gasteiger charge is 2.12. The van der Waals surface area contributed by atoms with Gasteiger partial charge in [0.05, 0.1) is 0 Å². The van der Waals surface area contributed by atoms with Gasteiger partial charge >= 0.3 is 5.97 Å². The Hall–Kier alpha value is -1.77. The number of benzene rings is 1. The Morgan fingerprint density at radius 3 is 2.53 bits per heavy atom. The maximum atomic E-state index is 11.0.